The first-order valence-corrected chi connectivity index (χ1v) is 9.82. The molecule has 1 saturated heterocycles. The van der Waals surface area contributed by atoms with Gasteiger partial charge in [0, 0.05) is 23.1 Å². The fourth-order valence-corrected chi connectivity index (χ4v) is 4.40. The highest BCUT2D eigenvalue weighted by atomic mass is 16.7. The number of carbonyl (C=O) groups excluding carboxylic acids is 1. The maximum Gasteiger partial charge on any atom is 0.229 e. The lowest BCUT2D eigenvalue weighted by Crippen LogP contribution is -2.60. The van der Waals surface area contributed by atoms with Gasteiger partial charge >= 0.3 is 0 Å². The molecule has 162 valence electrons. The number of rotatable bonds is 5. The second-order valence-electron chi connectivity index (χ2n) is 8.59. The fraction of sp³-hybridized carbons (Fsp3) is 0.667. The molecule has 0 saturated carbocycles. The number of benzene rings is 1. The van der Waals surface area contributed by atoms with Crippen LogP contribution in [0.1, 0.15) is 46.5 Å². The minimum Gasteiger partial charge on any atom is -0.461 e. The van der Waals surface area contributed by atoms with Crippen LogP contribution >= 0.6 is 0 Å². The first-order chi connectivity index (χ1) is 13.5. The van der Waals surface area contributed by atoms with Gasteiger partial charge in [0.05, 0.1) is 6.61 Å². The van der Waals surface area contributed by atoms with Crippen molar-refractivity contribution in [1.82, 2.24) is 0 Å². The molecule has 1 aliphatic heterocycles. The molecule has 0 unspecified atom stereocenters. The van der Waals surface area contributed by atoms with Crippen LogP contribution in [-0.2, 0) is 17.6 Å². The van der Waals surface area contributed by atoms with Crippen molar-refractivity contribution < 1.29 is 39.8 Å². The summed E-state index contributed by atoms with van der Waals surface area (Å²) < 4.78 is 11.5. The van der Waals surface area contributed by atoms with Crippen molar-refractivity contribution in [3.8, 4) is 5.75 Å². The number of aliphatic hydroxyl groups excluding tert-OH is 5. The summed E-state index contributed by atoms with van der Waals surface area (Å²) in [7, 11) is 0. The van der Waals surface area contributed by atoms with Crippen LogP contribution in [-0.4, -0.2) is 75.2 Å². The van der Waals surface area contributed by atoms with Gasteiger partial charge in [-0.2, -0.15) is 0 Å². The van der Waals surface area contributed by atoms with Crippen molar-refractivity contribution in [1.29, 1.82) is 0 Å². The molecule has 8 nitrogen and oxygen atoms in total. The van der Waals surface area contributed by atoms with Crippen LogP contribution < -0.4 is 4.74 Å². The van der Waals surface area contributed by atoms with Crippen molar-refractivity contribution in [2.75, 3.05) is 13.2 Å². The average molecular weight is 410 g/mol. The van der Waals surface area contributed by atoms with Gasteiger partial charge in [0.15, 0.2) is 5.78 Å². The summed E-state index contributed by atoms with van der Waals surface area (Å²) in [5.41, 5.74) is 2.96. The fourth-order valence-electron chi connectivity index (χ4n) is 4.40. The minimum absolute atomic E-state index is 0.0113. The molecule has 1 aromatic carbocycles. The van der Waals surface area contributed by atoms with Crippen LogP contribution in [0.25, 0.3) is 0 Å². The summed E-state index contributed by atoms with van der Waals surface area (Å²) in [5.74, 6) is 0.361. The molecular formula is C21H30O8. The zero-order valence-corrected chi connectivity index (χ0v) is 17.2. The second kappa shape index (κ2) is 7.94. The van der Waals surface area contributed by atoms with E-state index in [0.717, 1.165) is 16.7 Å². The van der Waals surface area contributed by atoms with E-state index in [0.29, 0.717) is 29.7 Å². The van der Waals surface area contributed by atoms with Crippen molar-refractivity contribution >= 4 is 5.78 Å². The van der Waals surface area contributed by atoms with Crippen LogP contribution in [0.15, 0.2) is 0 Å². The van der Waals surface area contributed by atoms with E-state index < -0.39 is 42.7 Å². The zero-order chi connectivity index (χ0) is 21.7. The van der Waals surface area contributed by atoms with Gasteiger partial charge in [-0.15, -0.1) is 0 Å². The van der Waals surface area contributed by atoms with Gasteiger partial charge in [-0.05, 0) is 43.4 Å². The lowest BCUT2D eigenvalue weighted by Gasteiger charge is -2.40. The van der Waals surface area contributed by atoms with Crippen molar-refractivity contribution in [2.24, 2.45) is 5.41 Å². The topological polar surface area (TPSA) is 137 Å². The number of hydrogen-bond donors (Lipinski definition) is 5. The van der Waals surface area contributed by atoms with E-state index in [1.54, 1.807) is 0 Å². The molecule has 1 aromatic rings. The van der Waals surface area contributed by atoms with E-state index in [9.17, 15) is 30.3 Å². The number of carbonyl (C=O) groups is 1. The number of fused-ring (bicyclic) bond motifs is 1. The molecule has 1 heterocycles. The Hall–Kier alpha value is -1.55. The summed E-state index contributed by atoms with van der Waals surface area (Å²) in [4.78, 5) is 13.0. The maximum atomic E-state index is 13.0. The van der Waals surface area contributed by atoms with Crippen molar-refractivity contribution in [3.05, 3.63) is 27.8 Å². The van der Waals surface area contributed by atoms with E-state index in [2.05, 4.69) is 0 Å². The van der Waals surface area contributed by atoms with Gasteiger partial charge in [0.25, 0.3) is 0 Å². The number of aliphatic hydroxyl groups is 5. The standard InChI is InChI=1S/C21H30O8/c1-9-11(5-6-22)10(2)18(12-7-21(3,4)19(27)14(9)12)29-20-17(26)16(25)15(24)13(8-23)28-20/h13,15-17,20,22-26H,5-8H2,1-4H3/t13-,15-,16+,17-,20+/m1/s1. The first kappa shape index (κ1) is 22.1. The van der Waals surface area contributed by atoms with Gasteiger partial charge in [0.1, 0.15) is 30.2 Å². The molecule has 8 heteroatoms. The molecule has 5 atom stereocenters. The normalized spacial score (nSPS) is 31.1. The molecule has 3 rings (SSSR count). The summed E-state index contributed by atoms with van der Waals surface area (Å²) in [6.45, 7) is 6.72. The van der Waals surface area contributed by atoms with Gasteiger partial charge in [0.2, 0.25) is 6.29 Å². The molecule has 0 amide bonds. The Morgan fingerprint density at radius 1 is 1.07 bits per heavy atom. The Bertz CT molecular complexity index is 801. The van der Waals surface area contributed by atoms with E-state index in [-0.39, 0.29) is 12.4 Å². The predicted molar refractivity (Wildman–Crippen MR) is 103 cm³/mol. The first-order valence-electron chi connectivity index (χ1n) is 9.82. The molecule has 2 aliphatic rings. The molecular weight excluding hydrogens is 380 g/mol. The van der Waals surface area contributed by atoms with Crippen molar-refractivity contribution in [3.63, 3.8) is 0 Å². The highest BCUT2D eigenvalue weighted by Gasteiger charge is 2.47. The van der Waals surface area contributed by atoms with Crippen molar-refractivity contribution in [2.45, 2.75) is 71.2 Å². The molecule has 0 radical (unpaired) electrons. The number of ketones is 1. The smallest absolute Gasteiger partial charge is 0.229 e. The lowest BCUT2D eigenvalue weighted by molar-refractivity contribution is -0.277. The Labute approximate surface area is 169 Å². The van der Waals surface area contributed by atoms with E-state index in [1.165, 1.54) is 0 Å². The highest BCUT2D eigenvalue weighted by molar-refractivity contribution is 6.06. The van der Waals surface area contributed by atoms with Gasteiger partial charge in [-0.3, -0.25) is 4.79 Å². The summed E-state index contributed by atoms with van der Waals surface area (Å²) >= 11 is 0. The minimum atomic E-state index is -1.56. The number of Topliss-reactive ketones (excluding diaryl/α,β-unsaturated/α-hetero) is 1. The maximum absolute atomic E-state index is 13.0. The van der Waals surface area contributed by atoms with Gasteiger partial charge < -0.3 is 35.0 Å². The second-order valence-corrected chi connectivity index (χ2v) is 8.59. The molecule has 0 spiro atoms. The third kappa shape index (κ3) is 3.58. The van der Waals surface area contributed by atoms with E-state index >= 15 is 0 Å². The average Bonchev–Trinajstić information content (AvgIpc) is 2.91. The molecule has 0 bridgehead atoms. The third-order valence-electron chi connectivity index (χ3n) is 6.10. The monoisotopic (exact) mass is 410 g/mol. The van der Waals surface area contributed by atoms with Crippen LogP contribution in [0.5, 0.6) is 5.75 Å². The highest BCUT2D eigenvalue weighted by Crippen LogP contribution is 2.46. The summed E-state index contributed by atoms with van der Waals surface area (Å²) in [5, 5.41) is 49.3. The van der Waals surface area contributed by atoms with E-state index in [4.69, 9.17) is 9.47 Å². The Morgan fingerprint density at radius 3 is 2.31 bits per heavy atom. The predicted octanol–water partition coefficient (Wildman–Crippen LogP) is -0.218. The molecule has 29 heavy (non-hydrogen) atoms. The van der Waals surface area contributed by atoms with E-state index in [1.807, 2.05) is 27.7 Å². The molecule has 5 N–H and O–H groups in total. The number of ether oxygens (including phenoxy) is 2. The molecule has 1 aliphatic carbocycles. The quantitative estimate of drug-likeness (QED) is 0.450. The Balaban J connectivity index is 2.08. The Kier molecular flexibility index (Phi) is 6.06. The van der Waals surface area contributed by atoms with Crippen LogP contribution in [0, 0.1) is 19.3 Å². The van der Waals surface area contributed by atoms with Crippen LogP contribution in [0.3, 0.4) is 0 Å². The third-order valence-corrected chi connectivity index (χ3v) is 6.10. The van der Waals surface area contributed by atoms with Crippen LogP contribution in [0.2, 0.25) is 0 Å². The van der Waals surface area contributed by atoms with Gasteiger partial charge in [-0.1, -0.05) is 13.8 Å². The number of hydrogen-bond acceptors (Lipinski definition) is 8. The molecule has 1 fully saturated rings. The SMILES string of the molecule is Cc1c(CCO)c(C)c2c(c1O[C@@H]1O[C@H](CO)[C@@H](O)[C@H](O)[C@H]1O)CC(C)(C)C2=O. The largest absolute Gasteiger partial charge is 0.461 e. The zero-order valence-electron chi connectivity index (χ0n) is 17.2. The van der Waals surface area contributed by atoms with Gasteiger partial charge in [-0.25, -0.2) is 0 Å². The summed E-state index contributed by atoms with van der Waals surface area (Å²) in [6, 6.07) is 0. The Morgan fingerprint density at radius 2 is 1.72 bits per heavy atom. The molecule has 0 aromatic heterocycles. The summed E-state index contributed by atoms with van der Waals surface area (Å²) in [6.07, 6.45) is -6.23. The van der Waals surface area contributed by atoms with Crippen LogP contribution in [0.4, 0.5) is 0 Å². The lowest BCUT2D eigenvalue weighted by atomic mass is 9.88.